The van der Waals surface area contributed by atoms with Gasteiger partial charge in [-0.3, -0.25) is 9.59 Å². The van der Waals surface area contributed by atoms with E-state index in [-0.39, 0.29) is 6.42 Å². The van der Waals surface area contributed by atoms with E-state index in [9.17, 15) is 19.1 Å². The first-order valence-electron chi connectivity index (χ1n) is 7.41. The smallest absolute Gasteiger partial charge is 0.310 e. The van der Waals surface area contributed by atoms with Crippen molar-refractivity contribution in [2.75, 3.05) is 5.32 Å². The van der Waals surface area contributed by atoms with Crippen molar-refractivity contribution in [2.45, 2.75) is 44.9 Å². The van der Waals surface area contributed by atoms with Gasteiger partial charge < -0.3 is 10.4 Å². The van der Waals surface area contributed by atoms with Crippen molar-refractivity contribution < 1.29 is 19.1 Å². The van der Waals surface area contributed by atoms with Crippen molar-refractivity contribution in [2.24, 2.45) is 5.41 Å². The summed E-state index contributed by atoms with van der Waals surface area (Å²) in [5, 5.41) is 12.2. The topological polar surface area (TPSA) is 66.4 Å². The van der Waals surface area contributed by atoms with Crippen LogP contribution in [0.4, 0.5) is 10.1 Å². The Balaban J connectivity index is 2.11. The van der Waals surface area contributed by atoms with Crippen LogP contribution >= 0.6 is 15.9 Å². The molecule has 6 heteroatoms. The summed E-state index contributed by atoms with van der Waals surface area (Å²) in [6, 6.07) is 4.00. The first-order chi connectivity index (χ1) is 10.4. The van der Waals surface area contributed by atoms with E-state index in [1.165, 1.54) is 18.2 Å². The van der Waals surface area contributed by atoms with Gasteiger partial charge in [0.05, 0.1) is 11.1 Å². The molecule has 0 atom stereocenters. The van der Waals surface area contributed by atoms with Gasteiger partial charge in [-0.05, 0) is 47.0 Å². The number of halogens is 2. The molecule has 22 heavy (non-hydrogen) atoms. The molecule has 0 aliphatic heterocycles. The highest BCUT2D eigenvalue weighted by atomic mass is 79.9. The molecule has 1 aliphatic rings. The molecule has 1 fully saturated rings. The average Bonchev–Trinajstić information content (AvgIpc) is 2.69. The van der Waals surface area contributed by atoms with Gasteiger partial charge in [0, 0.05) is 10.9 Å². The van der Waals surface area contributed by atoms with E-state index in [0.717, 1.165) is 25.7 Å². The van der Waals surface area contributed by atoms with Crippen LogP contribution in [0.2, 0.25) is 0 Å². The van der Waals surface area contributed by atoms with Crippen LogP contribution in [0.15, 0.2) is 22.7 Å². The third kappa shape index (κ3) is 4.06. The van der Waals surface area contributed by atoms with Crippen molar-refractivity contribution >= 4 is 33.5 Å². The van der Waals surface area contributed by atoms with Gasteiger partial charge in [0.15, 0.2) is 0 Å². The molecule has 2 N–H and O–H groups in total. The number of hydrogen-bond donors (Lipinski definition) is 2. The molecule has 0 radical (unpaired) electrons. The van der Waals surface area contributed by atoms with Crippen LogP contribution in [0.3, 0.4) is 0 Å². The number of anilines is 1. The second-order valence-electron chi connectivity index (χ2n) is 5.85. The van der Waals surface area contributed by atoms with Crippen molar-refractivity contribution in [3.8, 4) is 0 Å². The second-order valence-corrected chi connectivity index (χ2v) is 6.70. The highest BCUT2D eigenvalue weighted by molar-refractivity contribution is 9.10. The van der Waals surface area contributed by atoms with Crippen molar-refractivity contribution in [1.82, 2.24) is 0 Å². The molecule has 1 aromatic carbocycles. The molecule has 1 saturated carbocycles. The van der Waals surface area contributed by atoms with Crippen LogP contribution in [-0.4, -0.2) is 17.0 Å². The first-order valence-corrected chi connectivity index (χ1v) is 8.21. The number of carbonyl (C=O) groups is 2. The Hall–Kier alpha value is -1.43. The molecule has 1 aliphatic carbocycles. The van der Waals surface area contributed by atoms with Crippen LogP contribution in [0.25, 0.3) is 0 Å². The molecule has 0 aromatic heterocycles. The lowest BCUT2D eigenvalue weighted by atomic mass is 9.77. The zero-order chi connectivity index (χ0) is 16.2. The molecule has 0 spiro atoms. The van der Waals surface area contributed by atoms with Crippen LogP contribution in [0.5, 0.6) is 0 Å². The third-order valence-corrected chi connectivity index (χ3v) is 4.91. The Morgan fingerprint density at radius 2 is 1.86 bits per heavy atom. The van der Waals surface area contributed by atoms with Gasteiger partial charge in [-0.25, -0.2) is 4.39 Å². The fraction of sp³-hybridized carbons (Fsp3) is 0.500. The summed E-state index contributed by atoms with van der Waals surface area (Å²) in [6.45, 7) is 0. The summed E-state index contributed by atoms with van der Waals surface area (Å²) < 4.78 is 13.8. The predicted octanol–water partition coefficient (Wildman–Crippen LogP) is 4.34. The summed E-state index contributed by atoms with van der Waals surface area (Å²) in [4.78, 5) is 23.9. The minimum absolute atomic E-state index is 0.0781. The van der Waals surface area contributed by atoms with E-state index >= 15 is 0 Å². The lowest BCUT2D eigenvalue weighted by Gasteiger charge is -2.27. The van der Waals surface area contributed by atoms with E-state index in [0.29, 0.717) is 23.0 Å². The molecule has 0 saturated heterocycles. The normalized spacial score (nSPS) is 17.5. The van der Waals surface area contributed by atoms with Crippen LogP contribution in [0.1, 0.15) is 44.9 Å². The lowest BCUT2D eigenvalue weighted by molar-refractivity contribution is -0.152. The van der Waals surface area contributed by atoms with E-state index in [1.807, 2.05) is 0 Å². The highest BCUT2D eigenvalue weighted by Crippen LogP contribution is 2.39. The molecule has 120 valence electrons. The maximum atomic E-state index is 13.2. The van der Waals surface area contributed by atoms with Gasteiger partial charge in [-0.1, -0.05) is 25.7 Å². The van der Waals surface area contributed by atoms with Crippen LogP contribution in [0, 0.1) is 11.2 Å². The highest BCUT2D eigenvalue weighted by Gasteiger charge is 2.40. The lowest BCUT2D eigenvalue weighted by Crippen LogP contribution is -2.35. The van der Waals surface area contributed by atoms with E-state index in [4.69, 9.17) is 0 Å². The summed E-state index contributed by atoms with van der Waals surface area (Å²) in [5.74, 6) is -1.76. The van der Waals surface area contributed by atoms with Gasteiger partial charge in [0.1, 0.15) is 5.82 Å². The molecule has 0 heterocycles. The van der Waals surface area contributed by atoms with E-state index in [1.54, 1.807) is 0 Å². The predicted molar refractivity (Wildman–Crippen MR) is 85.1 cm³/mol. The Morgan fingerprint density at radius 3 is 2.45 bits per heavy atom. The number of hydrogen-bond acceptors (Lipinski definition) is 2. The quantitative estimate of drug-likeness (QED) is 0.773. The number of amides is 1. The second kappa shape index (κ2) is 7.22. The largest absolute Gasteiger partial charge is 0.481 e. The minimum Gasteiger partial charge on any atom is -0.481 e. The van der Waals surface area contributed by atoms with Crippen molar-refractivity contribution in [3.63, 3.8) is 0 Å². The zero-order valence-corrected chi connectivity index (χ0v) is 13.8. The molecular formula is C16H19BrFNO3. The molecule has 4 nitrogen and oxygen atoms in total. The Bertz CT molecular complexity index is 569. The maximum absolute atomic E-state index is 13.2. The van der Waals surface area contributed by atoms with E-state index in [2.05, 4.69) is 21.2 Å². The van der Waals surface area contributed by atoms with Crippen molar-refractivity contribution in [1.29, 1.82) is 0 Å². The molecule has 1 amide bonds. The first kappa shape index (κ1) is 16.9. The monoisotopic (exact) mass is 371 g/mol. The third-order valence-electron chi connectivity index (χ3n) is 4.22. The Labute approximate surface area is 137 Å². The summed E-state index contributed by atoms with van der Waals surface area (Å²) in [7, 11) is 0. The number of benzene rings is 1. The maximum Gasteiger partial charge on any atom is 0.310 e. The Morgan fingerprint density at radius 1 is 1.23 bits per heavy atom. The SMILES string of the molecule is O=C(CC1(C(=O)O)CCCCCC1)Nc1cc(F)ccc1Br. The number of nitrogens with one attached hydrogen (secondary N) is 1. The van der Waals surface area contributed by atoms with Gasteiger partial charge in [0.2, 0.25) is 5.91 Å². The molecule has 0 bridgehead atoms. The summed E-state index contributed by atoms with van der Waals surface area (Å²) in [5.41, 5.74) is -0.681. The van der Waals surface area contributed by atoms with Gasteiger partial charge >= 0.3 is 5.97 Å². The van der Waals surface area contributed by atoms with Gasteiger partial charge in [-0.15, -0.1) is 0 Å². The standard InChI is InChI=1S/C16H19BrFNO3/c17-12-6-5-11(18)9-13(12)19-14(20)10-16(15(21)22)7-3-1-2-4-8-16/h5-6,9H,1-4,7-8,10H2,(H,19,20)(H,21,22). The fourth-order valence-corrected chi connectivity index (χ4v) is 3.31. The molecular weight excluding hydrogens is 353 g/mol. The number of carbonyl (C=O) groups excluding carboxylic acids is 1. The summed E-state index contributed by atoms with van der Waals surface area (Å²) >= 11 is 3.24. The fourth-order valence-electron chi connectivity index (χ4n) is 2.97. The van der Waals surface area contributed by atoms with Gasteiger partial charge in [-0.2, -0.15) is 0 Å². The van der Waals surface area contributed by atoms with Gasteiger partial charge in [0.25, 0.3) is 0 Å². The van der Waals surface area contributed by atoms with E-state index < -0.39 is 23.1 Å². The number of aliphatic carboxylic acids is 1. The van der Waals surface area contributed by atoms with Crippen LogP contribution in [-0.2, 0) is 9.59 Å². The average molecular weight is 372 g/mol. The molecule has 1 aromatic rings. The number of carboxylic acid groups (broad SMARTS) is 1. The van der Waals surface area contributed by atoms with Crippen molar-refractivity contribution in [3.05, 3.63) is 28.5 Å². The zero-order valence-electron chi connectivity index (χ0n) is 12.2. The Kier molecular flexibility index (Phi) is 5.56. The molecule has 0 unspecified atom stereocenters. The number of carboxylic acids is 1. The molecule has 2 rings (SSSR count). The minimum atomic E-state index is -1.000. The van der Waals surface area contributed by atoms with Crippen LogP contribution < -0.4 is 5.32 Å². The summed E-state index contributed by atoms with van der Waals surface area (Å²) in [6.07, 6.45) is 4.61. The number of rotatable bonds is 4.